The largest absolute Gasteiger partial charge is 0.465 e. The van der Waals surface area contributed by atoms with Gasteiger partial charge in [0, 0.05) is 19.6 Å². The molecule has 1 saturated heterocycles. The van der Waals surface area contributed by atoms with E-state index in [2.05, 4.69) is 18.7 Å². The number of benzene rings is 1. The number of methoxy groups -OCH3 is 1. The molecular weight excluding hydrogens is 238 g/mol. The average Bonchev–Trinajstić information content (AvgIpc) is 2.37. The molecule has 19 heavy (non-hydrogen) atoms. The number of ether oxygens (including phenoxy) is 1. The van der Waals surface area contributed by atoms with E-state index in [1.54, 1.807) is 0 Å². The molecule has 104 valence electrons. The zero-order valence-corrected chi connectivity index (χ0v) is 12.1. The first-order valence-corrected chi connectivity index (χ1v) is 6.98. The van der Waals surface area contributed by atoms with Gasteiger partial charge in [-0.2, -0.15) is 0 Å². The predicted molar refractivity (Wildman–Crippen MR) is 76.0 cm³/mol. The van der Waals surface area contributed by atoms with E-state index < -0.39 is 0 Å². The maximum atomic E-state index is 11.4. The van der Waals surface area contributed by atoms with Crippen LogP contribution in [0.25, 0.3) is 0 Å². The first-order valence-electron chi connectivity index (χ1n) is 6.98. The summed E-state index contributed by atoms with van der Waals surface area (Å²) in [7, 11) is 1.41. The lowest BCUT2D eigenvalue weighted by atomic mass is 9.91. The molecule has 0 amide bonds. The van der Waals surface area contributed by atoms with Gasteiger partial charge < -0.3 is 4.74 Å². The van der Waals surface area contributed by atoms with Gasteiger partial charge >= 0.3 is 5.97 Å². The second-order valence-electron chi connectivity index (χ2n) is 5.83. The molecule has 0 unspecified atom stereocenters. The van der Waals surface area contributed by atoms with Crippen LogP contribution in [0.3, 0.4) is 0 Å². The van der Waals surface area contributed by atoms with Crippen molar-refractivity contribution in [2.45, 2.75) is 26.8 Å². The van der Waals surface area contributed by atoms with Gasteiger partial charge in [-0.15, -0.1) is 0 Å². The zero-order valence-electron chi connectivity index (χ0n) is 12.1. The van der Waals surface area contributed by atoms with Gasteiger partial charge in [0.2, 0.25) is 0 Å². The van der Waals surface area contributed by atoms with Crippen LogP contribution in [0.1, 0.15) is 36.2 Å². The van der Waals surface area contributed by atoms with Crippen molar-refractivity contribution in [3.8, 4) is 0 Å². The van der Waals surface area contributed by atoms with E-state index in [-0.39, 0.29) is 5.97 Å². The Balaban J connectivity index is 1.97. The van der Waals surface area contributed by atoms with Gasteiger partial charge in [-0.05, 0) is 36.0 Å². The molecule has 0 saturated carbocycles. The molecule has 3 nitrogen and oxygen atoms in total. The second-order valence-corrected chi connectivity index (χ2v) is 5.83. The van der Waals surface area contributed by atoms with Gasteiger partial charge in [0.05, 0.1) is 12.7 Å². The highest BCUT2D eigenvalue weighted by atomic mass is 16.5. The fraction of sp³-hybridized carbons (Fsp3) is 0.562. The number of hydrogen-bond acceptors (Lipinski definition) is 3. The molecule has 1 heterocycles. The fourth-order valence-corrected chi connectivity index (χ4v) is 3.04. The number of hydrogen-bond donors (Lipinski definition) is 0. The lowest BCUT2D eigenvalue weighted by molar-refractivity contribution is 0.0600. The van der Waals surface area contributed by atoms with Crippen molar-refractivity contribution in [1.29, 1.82) is 0 Å². The maximum Gasteiger partial charge on any atom is 0.337 e. The van der Waals surface area contributed by atoms with E-state index in [1.807, 2.05) is 24.3 Å². The van der Waals surface area contributed by atoms with Crippen molar-refractivity contribution in [2.24, 2.45) is 11.8 Å². The van der Waals surface area contributed by atoms with E-state index in [9.17, 15) is 4.79 Å². The van der Waals surface area contributed by atoms with Crippen LogP contribution in [-0.4, -0.2) is 31.1 Å². The van der Waals surface area contributed by atoms with E-state index in [1.165, 1.54) is 32.2 Å². The van der Waals surface area contributed by atoms with Crippen LogP contribution in [-0.2, 0) is 11.3 Å². The SMILES string of the molecule is COC(=O)c1ccc(CN2C[C@H](C)C[C@@H](C)C2)cc1. The standard InChI is InChI=1S/C16H23NO2/c1-12-8-13(2)10-17(9-12)11-14-4-6-15(7-5-14)16(18)19-3/h4-7,12-13H,8-11H2,1-3H3/t12-,13-/m1/s1. The Kier molecular flexibility index (Phi) is 4.59. The number of nitrogens with zero attached hydrogens (tertiary/aromatic N) is 1. The van der Waals surface area contributed by atoms with Crippen molar-refractivity contribution < 1.29 is 9.53 Å². The molecule has 0 N–H and O–H groups in total. The summed E-state index contributed by atoms with van der Waals surface area (Å²) in [5.41, 5.74) is 1.88. The quantitative estimate of drug-likeness (QED) is 0.783. The summed E-state index contributed by atoms with van der Waals surface area (Å²) < 4.78 is 4.70. The van der Waals surface area contributed by atoms with E-state index in [0.29, 0.717) is 5.56 Å². The molecule has 1 aliphatic rings. The molecule has 1 aromatic rings. The van der Waals surface area contributed by atoms with Gasteiger partial charge in [-0.25, -0.2) is 4.79 Å². The molecule has 0 radical (unpaired) electrons. The highest BCUT2D eigenvalue weighted by Crippen LogP contribution is 2.22. The van der Waals surface area contributed by atoms with Gasteiger partial charge in [0.1, 0.15) is 0 Å². The summed E-state index contributed by atoms with van der Waals surface area (Å²) in [5, 5.41) is 0. The maximum absolute atomic E-state index is 11.4. The third-order valence-corrected chi connectivity index (χ3v) is 3.73. The van der Waals surface area contributed by atoms with Gasteiger partial charge in [-0.1, -0.05) is 26.0 Å². The lowest BCUT2D eigenvalue weighted by Gasteiger charge is -2.35. The summed E-state index contributed by atoms with van der Waals surface area (Å²) in [6.07, 6.45) is 1.33. The Bertz CT molecular complexity index is 417. The molecule has 1 aliphatic heterocycles. The number of likely N-dealkylation sites (tertiary alicyclic amines) is 1. The molecule has 1 aromatic carbocycles. The molecule has 1 fully saturated rings. The van der Waals surface area contributed by atoms with Crippen LogP contribution >= 0.6 is 0 Å². The lowest BCUT2D eigenvalue weighted by Crippen LogP contribution is -2.38. The van der Waals surface area contributed by atoms with Crippen LogP contribution in [0.4, 0.5) is 0 Å². The highest BCUT2D eigenvalue weighted by Gasteiger charge is 2.21. The second kappa shape index (κ2) is 6.20. The minimum atomic E-state index is -0.272. The summed E-state index contributed by atoms with van der Waals surface area (Å²) in [6.45, 7) is 7.95. The van der Waals surface area contributed by atoms with Crippen molar-refractivity contribution in [3.63, 3.8) is 0 Å². The summed E-state index contributed by atoms with van der Waals surface area (Å²) in [5.74, 6) is 1.28. The monoisotopic (exact) mass is 261 g/mol. The van der Waals surface area contributed by atoms with Crippen LogP contribution < -0.4 is 0 Å². The number of carbonyl (C=O) groups excluding carboxylic acids is 1. The molecule has 3 heteroatoms. The molecule has 0 aromatic heterocycles. The number of carbonyl (C=O) groups is 1. The number of rotatable bonds is 3. The molecule has 2 atom stereocenters. The van der Waals surface area contributed by atoms with Crippen molar-refractivity contribution in [1.82, 2.24) is 4.90 Å². The van der Waals surface area contributed by atoms with Crippen LogP contribution in [0, 0.1) is 11.8 Å². The first kappa shape index (κ1) is 14.1. The number of piperidine rings is 1. The Morgan fingerprint density at radius 1 is 1.21 bits per heavy atom. The number of esters is 1. The van der Waals surface area contributed by atoms with Crippen LogP contribution in [0.2, 0.25) is 0 Å². The van der Waals surface area contributed by atoms with E-state index >= 15 is 0 Å². The average molecular weight is 261 g/mol. The fourth-order valence-electron chi connectivity index (χ4n) is 3.04. The van der Waals surface area contributed by atoms with Crippen molar-refractivity contribution in [2.75, 3.05) is 20.2 Å². The minimum Gasteiger partial charge on any atom is -0.465 e. The van der Waals surface area contributed by atoms with E-state index in [4.69, 9.17) is 4.74 Å². The van der Waals surface area contributed by atoms with Gasteiger partial charge in [0.25, 0.3) is 0 Å². The predicted octanol–water partition coefficient (Wildman–Crippen LogP) is 2.95. The third kappa shape index (κ3) is 3.80. The Morgan fingerprint density at radius 3 is 2.32 bits per heavy atom. The van der Waals surface area contributed by atoms with Crippen LogP contribution in [0.5, 0.6) is 0 Å². The summed E-state index contributed by atoms with van der Waals surface area (Å²) in [6, 6.07) is 7.74. The molecule has 0 aliphatic carbocycles. The Morgan fingerprint density at radius 2 is 1.79 bits per heavy atom. The molecule has 0 spiro atoms. The van der Waals surface area contributed by atoms with Crippen LogP contribution in [0.15, 0.2) is 24.3 Å². The summed E-state index contributed by atoms with van der Waals surface area (Å²) in [4.78, 5) is 13.9. The minimum absolute atomic E-state index is 0.272. The van der Waals surface area contributed by atoms with Crippen molar-refractivity contribution >= 4 is 5.97 Å². The zero-order chi connectivity index (χ0) is 13.8. The van der Waals surface area contributed by atoms with E-state index in [0.717, 1.165) is 18.4 Å². The molecular formula is C16H23NO2. The van der Waals surface area contributed by atoms with Gasteiger partial charge in [-0.3, -0.25) is 4.90 Å². The van der Waals surface area contributed by atoms with Crippen molar-refractivity contribution in [3.05, 3.63) is 35.4 Å². The first-order chi connectivity index (χ1) is 9.08. The topological polar surface area (TPSA) is 29.5 Å². The molecule has 2 rings (SSSR count). The Labute approximate surface area is 115 Å². The highest BCUT2D eigenvalue weighted by molar-refractivity contribution is 5.89. The Hall–Kier alpha value is -1.35. The molecule has 0 bridgehead atoms. The third-order valence-electron chi connectivity index (χ3n) is 3.73. The summed E-state index contributed by atoms with van der Waals surface area (Å²) >= 11 is 0. The van der Waals surface area contributed by atoms with Gasteiger partial charge in [0.15, 0.2) is 0 Å². The smallest absolute Gasteiger partial charge is 0.337 e. The normalized spacial score (nSPS) is 24.2.